The summed E-state index contributed by atoms with van der Waals surface area (Å²) in [6, 6.07) is 10.6. The molecule has 21 heavy (non-hydrogen) atoms. The van der Waals surface area contributed by atoms with Crippen molar-refractivity contribution in [1.29, 1.82) is 0 Å². The molecular formula is C16H15ClFN3. The van der Waals surface area contributed by atoms with E-state index in [2.05, 4.69) is 9.97 Å². The summed E-state index contributed by atoms with van der Waals surface area (Å²) in [7, 11) is 0. The Morgan fingerprint density at radius 1 is 1.24 bits per heavy atom. The van der Waals surface area contributed by atoms with Crippen molar-refractivity contribution in [2.75, 3.05) is 0 Å². The van der Waals surface area contributed by atoms with Crippen LogP contribution in [0, 0.1) is 5.82 Å². The lowest BCUT2D eigenvalue weighted by Gasteiger charge is -2.10. The number of halogens is 2. The van der Waals surface area contributed by atoms with Gasteiger partial charge in [-0.2, -0.15) is 0 Å². The molecule has 2 aromatic heterocycles. The molecular weight excluding hydrogens is 289 g/mol. The van der Waals surface area contributed by atoms with E-state index >= 15 is 0 Å². The maximum Gasteiger partial charge on any atom is 0.160 e. The molecule has 0 N–H and O–H groups in total. The Hall–Kier alpha value is -1.94. The molecule has 3 aromatic rings. The van der Waals surface area contributed by atoms with E-state index in [1.807, 2.05) is 29.7 Å². The van der Waals surface area contributed by atoms with Crippen LogP contribution < -0.4 is 0 Å². The number of alkyl halides is 1. The van der Waals surface area contributed by atoms with Gasteiger partial charge >= 0.3 is 0 Å². The molecule has 0 aliphatic carbocycles. The highest BCUT2D eigenvalue weighted by Crippen LogP contribution is 2.23. The number of hydrogen-bond acceptors (Lipinski definition) is 2. The molecule has 0 saturated carbocycles. The predicted molar refractivity (Wildman–Crippen MR) is 81.9 cm³/mol. The number of nitrogens with zero attached hydrogens (tertiary/aromatic N) is 3. The van der Waals surface area contributed by atoms with Crippen LogP contribution in [-0.2, 0) is 13.0 Å². The van der Waals surface area contributed by atoms with Crippen molar-refractivity contribution in [1.82, 2.24) is 14.5 Å². The zero-order valence-corrected chi connectivity index (χ0v) is 12.4. The number of benzene rings is 1. The van der Waals surface area contributed by atoms with Gasteiger partial charge in [0.05, 0.1) is 5.38 Å². The average Bonchev–Trinajstić information content (AvgIpc) is 2.85. The molecule has 1 atom stereocenters. The summed E-state index contributed by atoms with van der Waals surface area (Å²) >= 11 is 6.21. The molecule has 108 valence electrons. The zero-order valence-electron chi connectivity index (χ0n) is 11.6. The minimum atomic E-state index is -0.222. The van der Waals surface area contributed by atoms with Crippen molar-refractivity contribution in [3.63, 3.8) is 0 Å². The molecule has 0 radical (unpaired) electrons. The van der Waals surface area contributed by atoms with Gasteiger partial charge in [0.25, 0.3) is 0 Å². The number of imidazole rings is 1. The second-order valence-electron chi connectivity index (χ2n) is 4.93. The van der Waals surface area contributed by atoms with E-state index in [1.54, 1.807) is 18.3 Å². The van der Waals surface area contributed by atoms with Gasteiger partial charge in [-0.1, -0.05) is 18.2 Å². The Bertz CT molecular complexity index is 767. The Morgan fingerprint density at radius 3 is 2.81 bits per heavy atom. The number of pyridine rings is 1. The van der Waals surface area contributed by atoms with E-state index in [9.17, 15) is 4.39 Å². The Morgan fingerprint density at radius 2 is 2.05 bits per heavy atom. The number of rotatable bonds is 4. The van der Waals surface area contributed by atoms with Crippen molar-refractivity contribution < 1.29 is 4.39 Å². The molecule has 5 heteroatoms. The minimum Gasteiger partial charge on any atom is -0.311 e. The molecule has 0 fully saturated rings. The number of fused-ring (bicyclic) bond motifs is 1. The highest BCUT2D eigenvalue weighted by Gasteiger charge is 2.15. The lowest BCUT2D eigenvalue weighted by Crippen LogP contribution is -2.08. The van der Waals surface area contributed by atoms with Crippen LogP contribution in [0.5, 0.6) is 0 Å². The van der Waals surface area contributed by atoms with Crippen LogP contribution in [0.4, 0.5) is 4.39 Å². The van der Waals surface area contributed by atoms with E-state index in [0.717, 1.165) is 17.0 Å². The lowest BCUT2D eigenvalue weighted by atomic mass is 10.1. The predicted octanol–water partition coefficient (Wildman–Crippen LogP) is 4.11. The Kier molecular flexibility index (Phi) is 3.88. The van der Waals surface area contributed by atoms with Gasteiger partial charge in [0.2, 0.25) is 0 Å². The van der Waals surface area contributed by atoms with Gasteiger partial charge in [-0.25, -0.2) is 14.4 Å². The molecule has 0 saturated heterocycles. The highest BCUT2D eigenvalue weighted by atomic mass is 35.5. The van der Waals surface area contributed by atoms with Gasteiger partial charge in [-0.05, 0) is 37.1 Å². The summed E-state index contributed by atoms with van der Waals surface area (Å²) in [5.41, 5.74) is 2.29. The SMILES string of the molecule is CC(Cl)c1nc2cccnc2n1CCc1ccccc1F. The van der Waals surface area contributed by atoms with Crippen LogP contribution >= 0.6 is 11.6 Å². The van der Waals surface area contributed by atoms with E-state index in [1.165, 1.54) is 6.07 Å². The first-order valence-electron chi connectivity index (χ1n) is 6.85. The summed E-state index contributed by atoms with van der Waals surface area (Å²) in [6.07, 6.45) is 2.30. The fraction of sp³-hybridized carbons (Fsp3) is 0.250. The first-order chi connectivity index (χ1) is 10.2. The van der Waals surface area contributed by atoms with E-state index in [4.69, 9.17) is 11.6 Å². The topological polar surface area (TPSA) is 30.7 Å². The van der Waals surface area contributed by atoms with Crippen molar-refractivity contribution in [2.45, 2.75) is 25.3 Å². The molecule has 1 unspecified atom stereocenters. The summed E-state index contributed by atoms with van der Waals surface area (Å²) in [6.45, 7) is 2.48. The number of aryl methyl sites for hydroxylation is 2. The molecule has 0 bridgehead atoms. The smallest absolute Gasteiger partial charge is 0.160 e. The fourth-order valence-electron chi connectivity index (χ4n) is 2.43. The molecule has 3 rings (SSSR count). The largest absolute Gasteiger partial charge is 0.311 e. The van der Waals surface area contributed by atoms with Crippen LogP contribution in [0.2, 0.25) is 0 Å². The Labute approximate surface area is 127 Å². The van der Waals surface area contributed by atoms with Gasteiger partial charge < -0.3 is 4.57 Å². The summed E-state index contributed by atoms with van der Waals surface area (Å²) < 4.78 is 15.7. The van der Waals surface area contributed by atoms with E-state index < -0.39 is 0 Å². The molecule has 0 aliphatic rings. The lowest BCUT2D eigenvalue weighted by molar-refractivity contribution is 0.589. The second-order valence-corrected chi connectivity index (χ2v) is 5.58. The Balaban J connectivity index is 1.96. The van der Waals surface area contributed by atoms with Crippen molar-refractivity contribution in [2.24, 2.45) is 0 Å². The summed E-state index contributed by atoms with van der Waals surface area (Å²) in [5, 5.41) is -0.222. The molecule has 3 nitrogen and oxygen atoms in total. The highest BCUT2D eigenvalue weighted by molar-refractivity contribution is 6.20. The average molecular weight is 304 g/mol. The van der Waals surface area contributed by atoms with Gasteiger partial charge in [0, 0.05) is 12.7 Å². The summed E-state index contributed by atoms with van der Waals surface area (Å²) in [4.78, 5) is 8.89. The number of aromatic nitrogens is 3. The molecule has 1 aromatic carbocycles. The standard InChI is InChI=1S/C16H15ClFN3/c1-11(17)15-20-14-7-4-9-19-16(14)21(15)10-8-12-5-2-3-6-13(12)18/h2-7,9,11H,8,10H2,1H3. The van der Waals surface area contributed by atoms with Crippen molar-refractivity contribution in [3.05, 3.63) is 59.8 Å². The molecule has 2 heterocycles. The van der Waals surface area contributed by atoms with E-state index in [-0.39, 0.29) is 11.2 Å². The van der Waals surface area contributed by atoms with Crippen LogP contribution in [-0.4, -0.2) is 14.5 Å². The second kappa shape index (κ2) is 5.82. The van der Waals surface area contributed by atoms with Gasteiger partial charge in [-0.3, -0.25) is 0 Å². The third kappa shape index (κ3) is 2.76. The molecule has 0 amide bonds. The first kappa shape index (κ1) is 14.0. The minimum absolute atomic E-state index is 0.185. The first-order valence-corrected chi connectivity index (χ1v) is 7.29. The van der Waals surface area contributed by atoms with Crippen LogP contribution in [0.25, 0.3) is 11.2 Å². The van der Waals surface area contributed by atoms with Crippen molar-refractivity contribution >= 4 is 22.8 Å². The van der Waals surface area contributed by atoms with Crippen LogP contribution in [0.15, 0.2) is 42.6 Å². The fourth-order valence-corrected chi connectivity index (χ4v) is 2.60. The van der Waals surface area contributed by atoms with Crippen LogP contribution in [0.1, 0.15) is 23.7 Å². The maximum atomic E-state index is 13.7. The summed E-state index contributed by atoms with van der Waals surface area (Å²) in [5.74, 6) is 0.581. The van der Waals surface area contributed by atoms with Gasteiger partial charge in [0.15, 0.2) is 5.65 Å². The zero-order chi connectivity index (χ0) is 14.8. The third-order valence-electron chi connectivity index (χ3n) is 3.45. The van der Waals surface area contributed by atoms with Crippen molar-refractivity contribution in [3.8, 4) is 0 Å². The molecule has 0 aliphatic heterocycles. The number of hydrogen-bond donors (Lipinski definition) is 0. The molecule has 0 spiro atoms. The van der Waals surface area contributed by atoms with Gasteiger partial charge in [0.1, 0.15) is 17.2 Å². The quantitative estimate of drug-likeness (QED) is 0.679. The van der Waals surface area contributed by atoms with Gasteiger partial charge in [-0.15, -0.1) is 11.6 Å². The van der Waals surface area contributed by atoms with Crippen LogP contribution in [0.3, 0.4) is 0 Å². The normalized spacial score (nSPS) is 12.7. The third-order valence-corrected chi connectivity index (χ3v) is 3.65. The maximum absolute atomic E-state index is 13.7. The monoisotopic (exact) mass is 303 g/mol. The van der Waals surface area contributed by atoms with E-state index in [0.29, 0.717) is 18.5 Å².